The summed E-state index contributed by atoms with van der Waals surface area (Å²) in [6, 6.07) is 15.5. The lowest BCUT2D eigenvalue weighted by molar-refractivity contribution is -0.126. The molecule has 0 spiro atoms. The van der Waals surface area contributed by atoms with E-state index in [1.807, 2.05) is 55.5 Å². The van der Waals surface area contributed by atoms with Gasteiger partial charge in [0.25, 0.3) is 0 Å². The largest absolute Gasteiger partial charge is 0.352 e. The first kappa shape index (κ1) is 17.7. The molecule has 0 saturated carbocycles. The van der Waals surface area contributed by atoms with Crippen LogP contribution in [0.2, 0.25) is 0 Å². The van der Waals surface area contributed by atoms with E-state index in [0.717, 1.165) is 22.4 Å². The number of carbonyl (C=O) groups is 2. The average Bonchev–Trinajstić information content (AvgIpc) is 2.54. The third kappa shape index (κ3) is 4.95. The van der Waals surface area contributed by atoms with Crippen LogP contribution in [0.3, 0.4) is 0 Å². The molecule has 2 rings (SSSR count). The molecule has 0 atom stereocenters. The van der Waals surface area contributed by atoms with Crippen molar-refractivity contribution in [1.29, 1.82) is 0 Å². The molecule has 0 saturated heterocycles. The number of amides is 2. The van der Waals surface area contributed by atoms with Gasteiger partial charge in [0.2, 0.25) is 11.8 Å². The zero-order chi connectivity index (χ0) is 17.5. The van der Waals surface area contributed by atoms with Crippen molar-refractivity contribution < 1.29 is 9.59 Å². The Balaban J connectivity index is 1.88. The number of para-hydroxylation sites is 1. The van der Waals surface area contributed by atoms with Crippen molar-refractivity contribution in [1.82, 2.24) is 5.32 Å². The fourth-order valence-corrected chi connectivity index (χ4v) is 2.52. The number of rotatable bonds is 6. The van der Waals surface area contributed by atoms with Gasteiger partial charge in [-0.15, -0.1) is 0 Å². The highest BCUT2D eigenvalue weighted by atomic mass is 16.2. The summed E-state index contributed by atoms with van der Waals surface area (Å²) in [5, 5.41) is 5.63. The first-order valence-corrected chi connectivity index (χ1v) is 8.17. The van der Waals surface area contributed by atoms with Crippen LogP contribution in [0.5, 0.6) is 0 Å². The van der Waals surface area contributed by atoms with E-state index < -0.39 is 0 Å². The smallest absolute Gasteiger partial charge is 0.233 e. The average molecular weight is 324 g/mol. The van der Waals surface area contributed by atoms with E-state index in [9.17, 15) is 9.59 Å². The van der Waals surface area contributed by atoms with Gasteiger partial charge in [-0.2, -0.15) is 0 Å². The fourth-order valence-electron chi connectivity index (χ4n) is 2.52. The summed E-state index contributed by atoms with van der Waals surface area (Å²) in [7, 11) is 0. The van der Waals surface area contributed by atoms with Crippen molar-refractivity contribution in [3.05, 3.63) is 65.2 Å². The Kier molecular flexibility index (Phi) is 6.13. The molecule has 2 amide bonds. The van der Waals surface area contributed by atoms with Crippen molar-refractivity contribution in [2.24, 2.45) is 0 Å². The van der Waals surface area contributed by atoms with Crippen LogP contribution in [0.4, 0.5) is 5.69 Å². The zero-order valence-corrected chi connectivity index (χ0v) is 14.4. The second kappa shape index (κ2) is 8.29. The molecule has 126 valence electrons. The molecule has 0 unspecified atom stereocenters. The maximum Gasteiger partial charge on any atom is 0.233 e. The minimum atomic E-state index is -0.301. The van der Waals surface area contributed by atoms with Crippen LogP contribution >= 0.6 is 0 Å². The highest BCUT2D eigenvalue weighted by Gasteiger charge is 2.12. The molecule has 0 aliphatic heterocycles. The number of hydrogen-bond acceptors (Lipinski definition) is 2. The molecule has 2 aromatic rings. The van der Waals surface area contributed by atoms with Crippen LogP contribution < -0.4 is 10.6 Å². The summed E-state index contributed by atoms with van der Waals surface area (Å²) in [5.74, 6) is -0.278. The molecule has 0 aliphatic carbocycles. The molecular weight excluding hydrogens is 300 g/mol. The van der Waals surface area contributed by atoms with Crippen molar-refractivity contribution in [3.8, 4) is 0 Å². The molecule has 0 bridgehead atoms. The second-order valence-electron chi connectivity index (χ2n) is 6.17. The van der Waals surface area contributed by atoms with Gasteiger partial charge in [-0.3, -0.25) is 9.59 Å². The molecule has 0 aliphatic rings. The van der Waals surface area contributed by atoms with Gasteiger partial charge < -0.3 is 10.6 Å². The first-order valence-electron chi connectivity index (χ1n) is 8.17. The van der Waals surface area contributed by atoms with Gasteiger partial charge in [0, 0.05) is 12.2 Å². The summed E-state index contributed by atoms with van der Waals surface area (Å²) in [6.07, 6.45) is -0.182. The maximum absolute atomic E-state index is 12.1. The van der Waals surface area contributed by atoms with Crippen molar-refractivity contribution in [2.45, 2.75) is 39.7 Å². The molecule has 4 nitrogen and oxygen atoms in total. The lowest BCUT2D eigenvalue weighted by Crippen LogP contribution is -2.28. The standard InChI is InChI=1S/C20H24N2O2/c1-14(2)17-10-6-7-11-18(17)22-20(24)12-19(23)21-13-16-9-5-4-8-15(16)3/h4-11,14H,12-13H2,1-3H3,(H,21,23)(H,22,24). The Bertz CT molecular complexity index is 723. The molecular formula is C20H24N2O2. The number of aryl methyl sites for hydroxylation is 1. The number of nitrogens with one attached hydrogen (secondary N) is 2. The SMILES string of the molecule is Cc1ccccc1CNC(=O)CC(=O)Nc1ccccc1C(C)C. The van der Waals surface area contributed by atoms with Gasteiger partial charge in [0.05, 0.1) is 0 Å². The predicted molar refractivity (Wildman–Crippen MR) is 96.8 cm³/mol. The molecule has 2 aromatic carbocycles. The van der Waals surface area contributed by atoms with E-state index in [0.29, 0.717) is 12.5 Å². The van der Waals surface area contributed by atoms with Crippen LogP contribution in [0.15, 0.2) is 48.5 Å². The van der Waals surface area contributed by atoms with E-state index in [1.165, 1.54) is 0 Å². The molecule has 0 fully saturated rings. The quantitative estimate of drug-likeness (QED) is 0.795. The summed E-state index contributed by atoms with van der Waals surface area (Å²) in [5.41, 5.74) is 4.00. The van der Waals surface area contributed by atoms with Crippen LogP contribution in [-0.2, 0) is 16.1 Å². The molecule has 0 aromatic heterocycles. The summed E-state index contributed by atoms with van der Waals surface area (Å²) in [6.45, 7) is 6.57. The molecule has 2 N–H and O–H groups in total. The van der Waals surface area contributed by atoms with Gasteiger partial charge in [-0.1, -0.05) is 56.3 Å². The predicted octanol–water partition coefficient (Wildman–Crippen LogP) is 3.76. The van der Waals surface area contributed by atoms with E-state index >= 15 is 0 Å². The van der Waals surface area contributed by atoms with E-state index in [-0.39, 0.29) is 18.2 Å². The Morgan fingerprint density at radius 2 is 1.62 bits per heavy atom. The van der Waals surface area contributed by atoms with Crippen molar-refractivity contribution in [3.63, 3.8) is 0 Å². The van der Waals surface area contributed by atoms with E-state index in [2.05, 4.69) is 24.5 Å². The minimum Gasteiger partial charge on any atom is -0.352 e. The van der Waals surface area contributed by atoms with Crippen LogP contribution in [0.1, 0.15) is 42.9 Å². The Morgan fingerprint density at radius 1 is 0.958 bits per heavy atom. The summed E-state index contributed by atoms with van der Waals surface area (Å²) < 4.78 is 0. The van der Waals surface area contributed by atoms with Crippen molar-refractivity contribution >= 4 is 17.5 Å². The van der Waals surface area contributed by atoms with Crippen LogP contribution in [0, 0.1) is 6.92 Å². The van der Waals surface area contributed by atoms with E-state index in [4.69, 9.17) is 0 Å². The monoisotopic (exact) mass is 324 g/mol. The second-order valence-corrected chi connectivity index (χ2v) is 6.17. The molecule has 0 radical (unpaired) electrons. The number of benzene rings is 2. The van der Waals surface area contributed by atoms with Gasteiger partial charge >= 0.3 is 0 Å². The zero-order valence-electron chi connectivity index (χ0n) is 14.4. The lowest BCUT2D eigenvalue weighted by Gasteiger charge is -2.13. The normalized spacial score (nSPS) is 10.5. The Hall–Kier alpha value is -2.62. The highest BCUT2D eigenvalue weighted by Crippen LogP contribution is 2.23. The Labute approximate surface area is 143 Å². The third-order valence-electron chi connectivity index (χ3n) is 3.92. The van der Waals surface area contributed by atoms with Gasteiger partial charge in [0.1, 0.15) is 6.42 Å². The topological polar surface area (TPSA) is 58.2 Å². The number of anilines is 1. The Morgan fingerprint density at radius 3 is 2.33 bits per heavy atom. The molecule has 24 heavy (non-hydrogen) atoms. The number of hydrogen-bond donors (Lipinski definition) is 2. The molecule has 0 heterocycles. The van der Waals surface area contributed by atoms with Crippen LogP contribution in [0.25, 0.3) is 0 Å². The lowest BCUT2D eigenvalue weighted by atomic mass is 10.0. The summed E-state index contributed by atoms with van der Waals surface area (Å²) in [4.78, 5) is 24.1. The number of carbonyl (C=O) groups excluding carboxylic acids is 2. The van der Waals surface area contributed by atoms with E-state index in [1.54, 1.807) is 0 Å². The molecule has 4 heteroatoms. The third-order valence-corrected chi connectivity index (χ3v) is 3.92. The van der Waals surface area contributed by atoms with Crippen molar-refractivity contribution in [2.75, 3.05) is 5.32 Å². The van der Waals surface area contributed by atoms with Crippen LogP contribution in [-0.4, -0.2) is 11.8 Å². The maximum atomic E-state index is 12.1. The highest BCUT2D eigenvalue weighted by molar-refractivity contribution is 6.03. The summed E-state index contributed by atoms with van der Waals surface area (Å²) >= 11 is 0. The minimum absolute atomic E-state index is 0.182. The van der Waals surface area contributed by atoms with Gasteiger partial charge in [-0.05, 0) is 35.6 Å². The first-order chi connectivity index (χ1) is 11.5. The fraction of sp³-hybridized carbons (Fsp3) is 0.300. The van der Waals surface area contributed by atoms with Gasteiger partial charge in [0.15, 0.2) is 0 Å². The van der Waals surface area contributed by atoms with Gasteiger partial charge in [-0.25, -0.2) is 0 Å².